The van der Waals surface area contributed by atoms with Gasteiger partial charge in [-0.15, -0.1) is 11.8 Å². The van der Waals surface area contributed by atoms with Crippen LogP contribution in [0.4, 0.5) is 0 Å². The highest BCUT2D eigenvalue weighted by Crippen LogP contribution is 2.47. The normalized spacial score (nSPS) is 25.1. The van der Waals surface area contributed by atoms with Crippen LogP contribution in [0, 0.1) is 6.92 Å². The number of ether oxygens (including phenoxy) is 1. The Morgan fingerprint density at radius 3 is 2.62 bits per heavy atom. The molecule has 0 amide bonds. The third-order valence-electron chi connectivity index (χ3n) is 4.17. The summed E-state index contributed by atoms with van der Waals surface area (Å²) in [5, 5.41) is 0. The molecule has 0 aromatic heterocycles. The fourth-order valence-electron chi connectivity index (χ4n) is 2.99. The molecule has 0 N–H and O–H groups in total. The fourth-order valence-corrected chi connectivity index (χ4v) is 6.32. The summed E-state index contributed by atoms with van der Waals surface area (Å²) in [4.78, 5) is 0.396. The standard InChI is InChI=1S/C15H21NO3S2/c1-3-19-13-8-15(20-9-13)10-16(11-15)21(17,18)14-6-4-12(2)5-7-14/h4-7,13H,3,8-11H2,1-2H3/t13-/m0/s1. The average molecular weight is 327 g/mol. The lowest BCUT2D eigenvalue weighted by Gasteiger charge is -2.46. The maximum absolute atomic E-state index is 12.6. The van der Waals surface area contributed by atoms with Crippen molar-refractivity contribution in [1.82, 2.24) is 4.31 Å². The highest BCUT2D eigenvalue weighted by molar-refractivity contribution is 8.01. The molecule has 2 heterocycles. The molecular weight excluding hydrogens is 306 g/mol. The first-order valence-corrected chi connectivity index (χ1v) is 9.70. The lowest BCUT2D eigenvalue weighted by molar-refractivity contribution is 0.0598. The van der Waals surface area contributed by atoms with E-state index in [4.69, 9.17) is 4.74 Å². The van der Waals surface area contributed by atoms with Gasteiger partial charge in [-0.1, -0.05) is 17.7 Å². The van der Waals surface area contributed by atoms with Gasteiger partial charge in [-0.05, 0) is 32.4 Å². The van der Waals surface area contributed by atoms with Gasteiger partial charge < -0.3 is 4.74 Å². The quantitative estimate of drug-likeness (QED) is 0.851. The van der Waals surface area contributed by atoms with Gasteiger partial charge in [-0.2, -0.15) is 4.31 Å². The number of rotatable bonds is 4. The molecule has 1 aromatic carbocycles. The van der Waals surface area contributed by atoms with Crippen molar-refractivity contribution < 1.29 is 13.2 Å². The number of hydrogen-bond acceptors (Lipinski definition) is 4. The van der Waals surface area contributed by atoms with Gasteiger partial charge in [-0.3, -0.25) is 0 Å². The number of hydrogen-bond donors (Lipinski definition) is 0. The molecule has 4 nitrogen and oxygen atoms in total. The van der Waals surface area contributed by atoms with Crippen LogP contribution in [0.15, 0.2) is 29.2 Å². The van der Waals surface area contributed by atoms with Crippen molar-refractivity contribution in [3.05, 3.63) is 29.8 Å². The minimum atomic E-state index is -3.33. The number of nitrogens with zero attached hydrogens (tertiary/aromatic N) is 1. The van der Waals surface area contributed by atoms with E-state index in [1.165, 1.54) is 0 Å². The van der Waals surface area contributed by atoms with Crippen LogP contribution in [0.5, 0.6) is 0 Å². The Hall–Kier alpha value is -0.560. The van der Waals surface area contributed by atoms with Crippen LogP contribution >= 0.6 is 11.8 Å². The van der Waals surface area contributed by atoms with Crippen LogP contribution in [-0.4, -0.2) is 49.0 Å². The van der Waals surface area contributed by atoms with Crippen molar-refractivity contribution in [1.29, 1.82) is 0 Å². The minimum absolute atomic E-state index is 0.0810. The van der Waals surface area contributed by atoms with Gasteiger partial charge in [-0.25, -0.2) is 8.42 Å². The van der Waals surface area contributed by atoms with E-state index in [0.29, 0.717) is 18.0 Å². The summed E-state index contributed by atoms with van der Waals surface area (Å²) >= 11 is 1.87. The molecule has 2 fully saturated rings. The van der Waals surface area contributed by atoms with Crippen LogP contribution < -0.4 is 0 Å². The number of thioether (sulfide) groups is 1. The highest BCUT2D eigenvalue weighted by atomic mass is 32.2. The molecule has 0 bridgehead atoms. The third-order valence-corrected chi connectivity index (χ3v) is 7.55. The van der Waals surface area contributed by atoms with Gasteiger partial charge in [0.2, 0.25) is 10.0 Å². The SMILES string of the molecule is CCO[C@@H]1CSC2(C1)CN(S(=O)(=O)c1ccc(C)cc1)C2. The molecule has 2 saturated heterocycles. The Morgan fingerprint density at radius 2 is 2.00 bits per heavy atom. The Kier molecular flexibility index (Phi) is 4.07. The zero-order valence-corrected chi connectivity index (χ0v) is 14.0. The Balaban J connectivity index is 1.67. The molecule has 3 rings (SSSR count). The van der Waals surface area contributed by atoms with Gasteiger partial charge in [0.15, 0.2) is 0 Å². The second kappa shape index (κ2) is 5.57. The largest absolute Gasteiger partial charge is 0.378 e. The molecule has 1 spiro atoms. The highest BCUT2D eigenvalue weighted by Gasteiger charge is 2.53. The molecule has 2 aliphatic heterocycles. The van der Waals surface area contributed by atoms with E-state index >= 15 is 0 Å². The predicted molar refractivity (Wildman–Crippen MR) is 85.2 cm³/mol. The second-order valence-corrected chi connectivity index (χ2v) is 9.29. The van der Waals surface area contributed by atoms with Gasteiger partial charge in [0.05, 0.1) is 11.0 Å². The van der Waals surface area contributed by atoms with Crippen molar-refractivity contribution in [3.63, 3.8) is 0 Å². The molecule has 0 aliphatic carbocycles. The summed E-state index contributed by atoms with van der Waals surface area (Å²) in [7, 11) is -3.33. The fraction of sp³-hybridized carbons (Fsp3) is 0.600. The van der Waals surface area contributed by atoms with Crippen LogP contribution in [-0.2, 0) is 14.8 Å². The molecule has 0 unspecified atom stereocenters. The smallest absolute Gasteiger partial charge is 0.243 e. The minimum Gasteiger partial charge on any atom is -0.378 e. The van der Waals surface area contributed by atoms with Crippen LogP contribution in [0.2, 0.25) is 0 Å². The van der Waals surface area contributed by atoms with E-state index in [1.54, 1.807) is 16.4 Å². The maximum Gasteiger partial charge on any atom is 0.243 e. The molecule has 21 heavy (non-hydrogen) atoms. The summed E-state index contributed by atoms with van der Waals surface area (Å²) in [6.45, 7) is 5.91. The zero-order chi connectivity index (χ0) is 15.1. The number of aryl methyl sites for hydroxylation is 1. The zero-order valence-electron chi connectivity index (χ0n) is 12.4. The van der Waals surface area contributed by atoms with Gasteiger partial charge in [0.1, 0.15) is 0 Å². The van der Waals surface area contributed by atoms with E-state index in [2.05, 4.69) is 0 Å². The van der Waals surface area contributed by atoms with E-state index in [9.17, 15) is 8.42 Å². The molecule has 116 valence electrons. The monoisotopic (exact) mass is 327 g/mol. The summed E-state index contributed by atoms with van der Waals surface area (Å²) in [6.07, 6.45) is 1.25. The van der Waals surface area contributed by atoms with Crippen molar-refractivity contribution in [2.24, 2.45) is 0 Å². The van der Waals surface area contributed by atoms with Crippen LogP contribution in [0.25, 0.3) is 0 Å². The second-order valence-electron chi connectivity index (χ2n) is 5.86. The first-order chi connectivity index (χ1) is 9.95. The number of benzene rings is 1. The van der Waals surface area contributed by atoms with Crippen molar-refractivity contribution in [2.75, 3.05) is 25.4 Å². The van der Waals surface area contributed by atoms with Crippen molar-refractivity contribution >= 4 is 21.8 Å². The maximum atomic E-state index is 12.6. The molecule has 6 heteroatoms. The molecule has 0 saturated carbocycles. The Morgan fingerprint density at radius 1 is 1.33 bits per heavy atom. The van der Waals surface area contributed by atoms with Crippen molar-refractivity contribution in [3.8, 4) is 0 Å². The summed E-state index contributed by atoms with van der Waals surface area (Å²) in [6, 6.07) is 7.08. The van der Waals surface area contributed by atoms with Gasteiger partial charge >= 0.3 is 0 Å². The number of sulfonamides is 1. The Bertz CT molecular complexity index is 606. The predicted octanol–water partition coefficient (Wildman–Crippen LogP) is 2.28. The van der Waals surface area contributed by atoms with Gasteiger partial charge in [0, 0.05) is 30.2 Å². The molecule has 1 aromatic rings. The van der Waals surface area contributed by atoms with Crippen LogP contribution in [0.1, 0.15) is 18.9 Å². The first-order valence-electron chi connectivity index (χ1n) is 7.28. The molecule has 0 radical (unpaired) electrons. The Labute approximate surface area is 130 Å². The summed E-state index contributed by atoms with van der Waals surface area (Å²) in [5.74, 6) is 0.978. The van der Waals surface area contributed by atoms with E-state index < -0.39 is 10.0 Å². The molecular formula is C15H21NO3S2. The topological polar surface area (TPSA) is 46.6 Å². The molecule has 1 atom stereocenters. The van der Waals surface area contributed by atoms with Gasteiger partial charge in [0.25, 0.3) is 0 Å². The first kappa shape index (κ1) is 15.3. The third kappa shape index (κ3) is 2.86. The van der Waals surface area contributed by atoms with Crippen molar-refractivity contribution in [2.45, 2.75) is 36.0 Å². The molecule has 2 aliphatic rings. The lowest BCUT2D eigenvalue weighted by atomic mass is 9.95. The summed E-state index contributed by atoms with van der Waals surface area (Å²) < 4.78 is 32.5. The average Bonchev–Trinajstić information content (AvgIpc) is 2.82. The van der Waals surface area contributed by atoms with E-state index in [0.717, 1.165) is 24.3 Å². The van der Waals surface area contributed by atoms with Crippen LogP contribution in [0.3, 0.4) is 0 Å². The van der Waals surface area contributed by atoms with E-state index in [-0.39, 0.29) is 10.9 Å². The lowest BCUT2D eigenvalue weighted by Crippen LogP contribution is -2.60. The van der Waals surface area contributed by atoms with E-state index in [1.807, 2.05) is 37.7 Å². The summed E-state index contributed by atoms with van der Waals surface area (Å²) in [5.41, 5.74) is 1.07.